The summed E-state index contributed by atoms with van der Waals surface area (Å²) in [6, 6.07) is 31.2. The molecule has 0 saturated heterocycles. The Morgan fingerprint density at radius 3 is 1.20 bits per heavy atom. The van der Waals surface area contributed by atoms with Gasteiger partial charge in [0, 0.05) is 0 Å². The van der Waals surface area contributed by atoms with Gasteiger partial charge in [-0.3, -0.25) is 0 Å². The zero-order chi connectivity index (χ0) is 50.1. The first kappa shape index (κ1) is 54.9. The molecule has 0 aliphatic carbocycles. The quantitative estimate of drug-likeness (QED) is 0.0588. The monoisotopic (exact) mass is 1050 g/mol. The molecule has 0 heterocycles. The van der Waals surface area contributed by atoms with Crippen molar-refractivity contribution in [1.82, 2.24) is 0 Å². The Bertz CT molecular complexity index is 2600. The van der Waals surface area contributed by atoms with Gasteiger partial charge < -0.3 is 9.47 Å². The molecule has 0 aliphatic rings. The van der Waals surface area contributed by atoms with Gasteiger partial charge in [-0.1, -0.05) is 36.0 Å². The van der Waals surface area contributed by atoms with Crippen molar-refractivity contribution in [3.05, 3.63) is 184 Å². The van der Waals surface area contributed by atoms with Crippen molar-refractivity contribution in [3.8, 4) is 22.6 Å². The average molecular weight is 1050 g/mol. The maximum absolute atomic E-state index is 14.3. The first-order valence-corrected chi connectivity index (χ1v) is 23.5. The van der Waals surface area contributed by atoms with Crippen LogP contribution in [0, 0.1) is 27.7 Å². The molecular formula is C52H44F12FeO2P2. The van der Waals surface area contributed by atoms with Crippen molar-refractivity contribution in [3.63, 3.8) is 0 Å². The van der Waals surface area contributed by atoms with Gasteiger partial charge in [0.25, 0.3) is 0 Å². The van der Waals surface area contributed by atoms with E-state index in [-0.39, 0.29) is 34.8 Å². The third kappa shape index (κ3) is 12.5. The minimum atomic E-state index is -5.36. The number of ether oxygens (including phenoxy) is 2. The standard InChI is InChI=1S/C47H39F12O2P2.C5H5.Fe/c1-25-15-34(16-26(2)42(25)60-6)63(35-17-27(3)43(61-7)28(4)18-35)41-14-9-8-11-40(41)39-13-10-12-38(39)29(5)62(36-21-30(44(48,49)50)19-31(22-36)45(51,52)53)37-23-32(46(54,55)56)20-33(24-37)47(57,58)59;1-2-4-5-3-1;/h8-24,29H,1-7H3;1-5H;/q2*-1;+2/t29-;;/m0../s1. The molecular weight excluding hydrogens is 1000 g/mol. The summed E-state index contributed by atoms with van der Waals surface area (Å²) in [5.41, 5.74) is -3.63. The van der Waals surface area contributed by atoms with Gasteiger partial charge in [-0.25, -0.2) is 12.1 Å². The summed E-state index contributed by atoms with van der Waals surface area (Å²) < 4.78 is 183. The molecule has 0 fully saturated rings. The molecule has 2 nitrogen and oxygen atoms in total. The zero-order valence-electron chi connectivity index (χ0n) is 37.9. The van der Waals surface area contributed by atoms with Crippen LogP contribution in [0.1, 0.15) is 62.7 Å². The number of benzene rings is 5. The molecule has 0 amide bonds. The van der Waals surface area contributed by atoms with Gasteiger partial charge in [-0.15, -0.1) is 29.3 Å². The molecule has 0 radical (unpaired) electrons. The van der Waals surface area contributed by atoms with Crippen LogP contribution >= 0.6 is 15.8 Å². The van der Waals surface area contributed by atoms with E-state index in [1.165, 1.54) is 13.0 Å². The summed E-state index contributed by atoms with van der Waals surface area (Å²) in [6.07, 6.45) is -21.4. The Hall–Kier alpha value is -5.06. The van der Waals surface area contributed by atoms with Crippen LogP contribution in [-0.4, -0.2) is 14.2 Å². The van der Waals surface area contributed by atoms with E-state index in [1.807, 2.05) is 94.4 Å². The fraction of sp³-hybridized carbons (Fsp3) is 0.231. The van der Waals surface area contributed by atoms with Crippen molar-refractivity contribution < 1.29 is 79.2 Å². The van der Waals surface area contributed by atoms with E-state index in [9.17, 15) is 52.7 Å². The van der Waals surface area contributed by atoms with Crippen LogP contribution in [0.4, 0.5) is 52.7 Å². The largest absolute Gasteiger partial charge is 2.00 e. The van der Waals surface area contributed by atoms with E-state index in [0.29, 0.717) is 46.9 Å². The minimum Gasteiger partial charge on any atom is -0.496 e. The van der Waals surface area contributed by atoms with E-state index in [2.05, 4.69) is 0 Å². The second kappa shape index (κ2) is 21.5. The van der Waals surface area contributed by atoms with E-state index < -0.39 is 79.1 Å². The van der Waals surface area contributed by atoms with Gasteiger partial charge in [0.15, 0.2) is 0 Å². The van der Waals surface area contributed by atoms with E-state index in [4.69, 9.17) is 9.47 Å². The van der Waals surface area contributed by atoms with Gasteiger partial charge in [-0.05, 0) is 153 Å². The third-order valence-electron chi connectivity index (χ3n) is 11.2. The molecule has 69 heavy (non-hydrogen) atoms. The number of hydrogen-bond acceptors (Lipinski definition) is 2. The Balaban J connectivity index is 0.00000139. The number of rotatable bonds is 10. The Labute approximate surface area is 405 Å². The predicted molar refractivity (Wildman–Crippen MR) is 248 cm³/mol. The van der Waals surface area contributed by atoms with Crippen molar-refractivity contribution >= 4 is 42.4 Å². The van der Waals surface area contributed by atoms with E-state index >= 15 is 0 Å². The number of alkyl halides is 12. The number of halogens is 12. The minimum absolute atomic E-state index is 0. The van der Waals surface area contributed by atoms with Crippen LogP contribution < -0.4 is 36.0 Å². The van der Waals surface area contributed by atoms with E-state index in [0.717, 1.165) is 38.2 Å². The average Bonchev–Trinajstić information content (AvgIpc) is 4.00. The van der Waals surface area contributed by atoms with Gasteiger partial charge in [0.05, 0.1) is 36.5 Å². The maximum atomic E-state index is 14.3. The molecule has 0 bridgehead atoms. The Morgan fingerprint density at radius 1 is 0.493 bits per heavy atom. The predicted octanol–water partition coefficient (Wildman–Crippen LogP) is 14.8. The molecule has 0 unspecified atom stereocenters. The topological polar surface area (TPSA) is 18.5 Å². The molecule has 7 aromatic carbocycles. The number of methoxy groups -OCH3 is 2. The first-order valence-electron chi connectivity index (χ1n) is 20.7. The molecule has 366 valence electrons. The molecule has 0 aromatic heterocycles. The van der Waals surface area contributed by atoms with Crippen molar-refractivity contribution in [2.24, 2.45) is 0 Å². The van der Waals surface area contributed by atoms with Crippen molar-refractivity contribution in [1.29, 1.82) is 0 Å². The second-order valence-electron chi connectivity index (χ2n) is 16.0. The van der Waals surface area contributed by atoms with Crippen molar-refractivity contribution in [2.75, 3.05) is 14.2 Å². The summed E-state index contributed by atoms with van der Waals surface area (Å²) in [6.45, 7) is 8.98. The van der Waals surface area contributed by atoms with E-state index in [1.54, 1.807) is 38.5 Å². The molecule has 0 saturated carbocycles. The van der Waals surface area contributed by atoms with Crippen LogP contribution in [0.2, 0.25) is 0 Å². The molecule has 1 atom stereocenters. The number of hydrogen-bond donors (Lipinski definition) is 0. The maximum Gasteiger partial charge on any atom is 2.00 e. The van der Waals surface area contributed by atoms with Gasteiger partial charge in [-0.2, -0.15) is 77.0 Å². The second-order valence-corrected chi connectivity index (χ2v) is 20.7. The molecule has 17 heteroatoms. The summed E-state index contributed by atoms with van der Waals surface area (Å²) >= 11 is 0. The first-order chi connectivity index (χ1) is 31.7. The van der Waals surface area contributed by atoms with Gasteiger partial charge >= 0.3 is 41.8 Å². The molecule has 0 aliphatic heterocycles. The molecule has 0 N–H and O–H groups in total. The van der Waals surface area contributed by atoms with Gasteiger partial charge in [0.1, 0.15) is 11.5 Å². The fourth-order valence-electron chi connectivity index (χ4n) is 8.34. The molecule has 7 aromatic rings. The number of aryl methyl sites for hydroxylation is 4. The molecule has 7 rings (SSSR count). The SMILES string of the molecule is COc1c(C)cc(P(c2cc(C)c(OC)c(C)c2)c2ccccc2-[c-]2cccc2[C@H](C)P(c2cc(C(F)(F)F)cc(C(F)(F)F)c2)c2cc(C(F)(F)F)cc(C(F)(F)F)c2)cc1C.[Fe+2].c1cc[cH-]c1. The summed E-state index contributed by atoms with van der Waals surface area (Å²) in [7, 11) is -1.25. The van der Waals surface area contributed by atoms with Crippen molar-refractivity contribution in [2.45, 2.75) is 65.0 Å². The third-order valence-corrected chi connectivity index (χ3v) is 16.3. The van der Waals surface area contributed by atoms with Crippen LogP contribution in [0.3, 0.4) is 0 Å². The Morgan fingerprint density at radius 2 is 0.870 bits per heavy atom. The van der Waals surface area contributed by atoms with Crippen LogP contribution in [0.5, 0.6) is 11.5 Å². The Kier molecular flexibility index (Phi) is 17.1. The van der Waals surface area contributed by atoms with Gasteiger partial charge in [0.2, 0.25) is 0 Å². The summed E-state index contributed by atoms with van der Waals surface area (Å²) in [5.74, 6) is 1.35. The normalized spacial score (nSPS) is 12.7. The molecule has 0 spiro atoms. The summed E-state index contributed by atoms with van der Waals surface area (Å²) in [5, 5.41) is 1.12. The van der Waals surface area contributed by atoms with Crippen LogP contribution in [-0.2, 0) is 41.8 Å². The zero-order valence-corrected chi connectivity index (χ0v) is 40.8. The van der Waals surface area contributed by atoms with Crippen LogP contribution in [0.15, 0.2) is 133 Å². The van der Waals surface area contributed by atoms with Crippen LogP contribution in [0.25, 0.3) is 11.1 Å². The summed E-state index contributed by atoms with van der Waals surface area (Å²) in [4.78, 5) is 0. The fourth-order valence-corrected chi connectivity index (χ4v) is 14.0. The smallest absolute Gasteiger partial charge is 0.496 e.